The molecule has 120 valence electrons. The Morgan fingerprint density at radius 3 is 2.00 bits per heavy atom. The van der Waals surface area contributed by atoms with E-state index < -0.39 is 51.9 Å². The van der Waals surface area contributed by atoms with Gasteiger partial charge in [0.1, 0.15) is 6.10 Å². The summed E-state index contributed by atoms with van der Waals surface area (Å²) in [7, 11) is 0. The lowest BCUT2D eigenvalue weighted by molar-refractivity contribution is -0.274. The van der Waals surface area contributed by atoms with Crippen molar-refractivity contribution in [1.29, 1.82) is 0 Å². The van der Waals surface area contributed by atoms with Crippen molar-refractivity contribution < 1.29 is 39.5 Å². The van der Waals surface area contributed by atoms with Gasteiger partial charge in [0, 0.05) is 0 Å². The Balaban J connectivity index is 3.59. The van der Waals surface area contributed by atoms with Crippen LogP contribution in [0.25, 0.3) is 0 Å². The second-order valence-electron chi connectivity index (χ2n) is 5.12. The van der Waals surface area contributed by atoms with E-state index in [4.69, 9.17) is 4.74 Å². The largest absolute Gasteiger partial charge is 0.386 e. The number of aliphatic hydroxyl groups is 4. The van der Waals surface area contributed by atoms with Gasteiger partial charge in [-0.25, -0.2) is 0 Å². The van der Waals surface area contributed by atoms with Crippen molar-refractivity contribution in [1.82, 2.24) is 0 Å². The minimum atomic E-state index is -3.05. The molecule has 1 unspecified atom stereocenters. The third-order valence-electron chi connectivity index (χ3n) is 3.64. The maximum absolute atomic E-state index is 11.9. The summed E-state index contributed by atoms with van der Waals surface area (Å²) in [6.45, 7) is 1.99. The molecule has 0 saturated carbocycles. The summed E-state index contributed by atoms with van der Waals surface area (Å²) in [5.74, 6) is -3.42. The molecule has 1 rings (SSSR count). The number of ketones is 3. The number of hydrogen-bond donors (Lipinski definition) is 4. The fourth-order valence-electron chi connectivity index (χ4n) is 2.39. The van der Waals surface area contributed by atoms with Crippen molar-refractivity contribution in [3.05, 3.63) is 0 Å². The predicted molar refractivity (Wildman–Crippen MR) is 71.6 cm³/mol. The van der Waals surface area contributed by atoms with Crippen molar-refractivity contribution in [2.75, 3.05) is 6.61 Å². The zero-order valence-corrected chi connectivity index (χ0v) is 13.2. The third kappa shape index (κ3) is 2.37. The van der Waals surface area contributed by atoms with Crippen LogP contribution in [0.3, 0.4) is 0 Å². The number of aliphatic hydroxyl groups excluding tert-OH is 1. The van der Waals surface area contributed by atoms with E-state index in [1.165, 1.54) is 0 Å². The van der Waals surface area contributed by atoms with Crippen molar-refractivity contribution >= 4 is 33.3 Å². The summed E-state index contributed by atoms with van der Waals surface area (Å²) < 4.78 is 2.47. The lowest BCUT2D eigenvalue weighted by Crippen LogP contribution is -2.81. The van der Waals surface area contributed by atoms with E-state index in [1.54, 1.807) is 0 Å². The summed E-state index contributed by atoms with van der Waals surface area (Å²) in [6.07, 6.45) is -3.61. The van der Waals surface area contributed by atoms with Gasteiger partial charge in [0.2, 0.25) is 5.60 Å². The van der Waals surface area contributed by atoms with Crippen LogP contribution in [0.1, 0.15) is 20.8 Å². The summed E-state index contributed by atoms with van der Waals surface area (Å²) >= 11 is 2.65. The molecule has 0 radical (unpaired) electrons. The number of hydrogen-bond acceptors (Lipinski definition) is 8. The van der Waals surface area contributed by atoms with Gasteiger partial charge in [-0.1, -0.05) is 0 Å². The number of ether oxygens (including phenoxy) is 1. The summed E-state index contributed by atoms with van der Waals surface area (Å²) in [6, 6.07) is 0. The first-order chi connectivity index (χ1) is 9.34. The number of carbonyl (C=O) groups excluding carboxylic acids is 3. The molecule has 5 atom stereocenters. The monoisotopic (exact) mass is 368 g/mol. The van der Waals surface area contributed by atoms with Gasteiger partial charge in [-0.2, -0.15) is 0 Å². The molecule has 1 heterocycles. The van der Waals surface area contributed by atoms with Crippen molar-refractivity contribution in [3.63, 3.8) is 0 Å². The van der Waals surface area contributed by atoms with Gasteiger partial charge in [0.15, 0.2) is 33.6 Å². The fraction of sp³-hybridized carbons (Fsp3) is 0.750. The molecule has 0 aromatic carbocycles. The van der Waals surface area contributed by atoms with Crippen LogP contribution in [0, 0.1) is 0 Å². The molecule has 4 N–H and O–H groups in total. The van der Waals surface area contributed by atoms with Crippen LogP contribution in [-0.4, -0.2) is 72.3 Å². The molecule has 9 heteroatoms. The highest BCUT2D eigenvalue weighted by atomic mass is 79.9. The highest BCUT2D eigenvalue weighted by molar-refractivity contribution is 9.10. The first-order valence-corrected chi connectivity index (χ1v) is 6.84. The molecule has 0 amide bonds. The van der Waals surface area contributed by atoms with Crippen LogP contribution in [-0.2, 0) is 19.1 Å². The number of carbonyl (C=O) groups is 3. The van der Waals surface area contributed by atoms with E-state index in [0.717, 1.165) is 20.8 Å². The summed E-state index contributed by atoms with van der Waals surface area (Å²) in [5.41, 5.74) is -6.08. The minimum absolute atomic E-state index is 0.762. The zero-order valence-electron chi connectivity index (χ0n) is 11.7. The Labute approximate surface area is 128 Å². The molecule has 0 spiro atoms. The van der Waals surface area contributed by atoms with Crippen LogP contribution < -0.4 is 0 Å². The van der Waals surface area contributed by atoms with Gasteiger partial charge in [0.25, 0.3) is 0 Å². The second-order valence-corrected chi connectivity index (χ2v) is 6.43. The highest BCUT2D eigenvalue weighted by Crippen LogP contribution is 2.46. The van der Waals surface area contributed by atoms with Crippen LogP contribution in [0.15, 0.2) is 0 Å². The summed E-state index contributed by atoms with van der Waals surface area (Å²) in [5, 5.41) is 40.6. The Hall–Kier alpha value is -0.710. The van der Waals surface area contributed by atoms with Crippen LogP contribution in [0.5, 0.6) is 0 Å². The van der Waals surface area contributed by atoms with Gasteiger partial charge in [-0.05, 0) is 36.7 Å². The van der Waals surface area contributed by atoms with Crippen LogP contribution >= 0.6 is 15.9 Å². The lowest BCUT2D eigenvalue weighted by atomic mass is 9.67. The van der Waals surface area contributed by atoms with Crippen molar-refractivity contribution in [3.8, 4) is 0 Å². The molecular weight excluding hydrogens is 352 g/mol. The minimum Gasteiger partial charge on any atom is -0.386 e. The Morgan fingerprint density at radius 2 is 1.67 bits per heavy atom. The molecule has 8 nitrogen and oxygen atoms in total. The van der Waals surface area contributed by atoms with E-state index in [2.05, 4.69) is 15.9 Å². The highest BCUT2D eigenvalue weighted by Gasteiger charge is 2.74. The van der Waals surface area contributed by atoms with Crippen molar-refractivity contribution in [2.45, 2.75) is 48.7 Å². The van der Waals surface area contributed by atoms with Gasteiger partial charge >= 0.3 is 0 Å². The first-order valence-electron chi connectivity index (χ1n) is 6.05. The molecule has 1 aliphatic heterocycles. The molecule has 0 aromatic heterocycles. The quantitative estimate of drug-likeness (QED) is 0.420. The molecule has 1 fully saturated rings. The van der Waals surface area contributed by atoms with Gasteiger partial charge < -0.3 is 25.2 Å². The molecule has 0 aromatic rings. The molecule has 21 heavy (non-hydrogen) atoms. The second kappa shape index (κ2) is 5.49. The first kappa shape index (κ1) is 18.3. The maximum atomic E-state index is 11.9. The van der Waals surface area contributed by atoms with Crippen LogP contribution in [0.2, 0.25) is 0 Å². The number of alkyl halides is 1. The Bertz CT molecular complexity index is 488. The topological polar surface area (TPSA) is 141 Å². The van der Waals surface area contributed by atoms with E-state index in [0.29, 0.717) is 0 Å². The smallest absolute Gasteiger partial charge is 0.202 e. The maximum Gasteiger partial charge on any atom is 0.202 e. The van der Waals surface area contributed by atoms with E-state index in [1.807, 2.05) is 0 Å². The Morgan fingerprint density at radius 1 is 1.19 bits per heavy atom. The Kier molecular flexibility index (Phi) is 4.79. The number of Topliss-reactive ketones (excluding diaryl/α,β-unsaturated/α-hetero) is 3. The molecule has 1 aliphatic rings. The van der Waals surface area contributed by atoms with Gasteiger partial charge in [0.05, 0.1) is 6.61 Å². The average Bonchev–Trinajstić information content (AvgIpc) is 2.34. The predicted octanol–water partition coefficient (Wildman–Crippen LogP) is -1.94. The number of rotatable bonds is 4. The molecule has 0 bridgehead atoms. The lowest BCUT2D eigenvalue weighted by Gasteiger charge is -2.53. The van der Waals surface area contributed by atoms with Gasteiger partial charge in [-0.3, -0.25) is 14.4 Å². The fourth-order valence-corrected chi connectivity index (χ4v) is 3.10. The van der Waals surface area contributed by atoms with E-state index in [-0.39, 0.29) is 0 Å². The van der Waals surface area contributed by atoms with E-state index >= 15 is 0 Å². The normalized spacial score (nSPS) is 41.4. The average molecular weight is 369 g/mol. The van der Waals surface area contributed by atoms with Crippen molar-refractivity contribution in [2.24, 2.45) is 0 Å². The third-order valence-corrected chi connectivity index (χ3v) is 4.45. The van der Waals surface area contributed by atoms with E-state index in [9.17, 15) is 34.8 Å². The van der Waals surface area contributed by atoms with Crippen LogP contribution in [0.4, 0.5) is 0 Å². The zero-order chi connectivity index (χ0) is 16.8. The van der Waals surface area contributed by atoms with Gasteiger partial charge in [-0.15, -0.1) is 0 Å². The molecule has 0 aliphatic carbocycles. The summed E-state index contributed by atoms with van der Waals surface area (Å²) in [4.78, 5) is 35.6. The molecule has 1 saturated heterocycles. The molecular formula is C12H17BrO8. The SMILES string of the molecule is CC(=O)[C@@]1(O)[C@@](O)(Br)CO[C@H](C(=O)C(C)O)[C@]1(O)C(C)=O. The standard InChI is InChI=1S/C12H17BrO8/c1-5(14)8(17)9-11(19,6(2)15)12(20,7(3)16)10(13,18)4-21-9/h5,9,14,18-20H,4H2,1-3H3/t5?,9-,10-,11-,12-/m1/s1. The number of halogens is 1.